The van der Waals surface area contributed by atoms with Gasteiger partial charge in [0.1, 0.15) is 0 Å². The van der Waals surface area contributed by atoms with Crippen LogP contribution in [0.1, 0.15) is 177 Å². The molecule has 0 aromatic heterocycles. The van der Waals surface area contributed by atoms with E-state index in [0.29, 0.717) is 0 Å². The van der Waals surface area contributed by atoms with E-state index >= 15 is 0 Å². The summed E-state index contributed by atoms with van der Waals surface area (Å²) in [5.74, 6) is 0. The number of hydrogen-bond donors (Lipinski definition) is 0. The Morgan fingerprint density at radius 1 is 0.511 bits per heavy atom. The SMILES string of the molecule is CCC1=C(c2cc(C)cc(CC)c2)[N+](=[N-])C(c2cc(C)cc(CC)c2)=C1.CCCCCCCCC[CH2][Ni][CH2]CCCCCCCCC. The summed E-state index contributed by atoms with van der Waals surface area (Å²) >= 11 is 2.02. The summed E-state index contributed by atoms with van der Waals surface area (Å²) in [7, 11) is 0. The molecule has 0 spiro atoms. The molecule has 47 heavy (non-hydrogen) atoms. The van der Waals surface area contributed by atoms with Gasteiger partial charge in [0.25, 0.3) is 0 Å². The van der Waals surface area contributed by atoms with Crippen molar-refractivity contribution in [3.05, 3.63) is 87.0 Å². The van der Waals surface area contributed by atoms with Crippen molar-refractivity contribution in [1.29, 1.82) is 0 Å². The van der Waals surface area contributed by atoms with Gasteiger partial charge in [0.05, 0.1) is 0 Å². The Balaban J connectivity index is 0.000000336. The molecule has 0 saturated heterocycles. The number of allylic oxidation sites excluding steroid dienone is 2. The van der Waals surface area contributed by atoms with Crippen LogP contribution in [0.15, 0.2) is 48.0 Å². The van der Waals surface area contributed by atoms with Gasteiger partial charge in [-0.1, -0.05) is 44.0 Å². The molecule has 0 N–H and O–H groups in total. The van der Waals surface area contributed by atoms with Crippen molar-refractivity contribution in [3.63, 3.8) is 0 Å². The molecule has 266 valence electrons. The summed E-state index contributed by atoms with van der Waals surface area (Å²) < 4.78 is 1.39. The van der Waals surface area contributed by atoms with Crippen molar-refractivity contribution in [1.82, 2.24) is 0 Å². The summed E-state index contributed by atoms with van der Waals surface area (Å²) in [5, 5.41) is 2.86. The van der Waals surface area contributed by atoms with Crippen molar-refractivity contribution in [2.75, 3.05) is 0 Å². The molecule has 0 saturated carbocycles. The van der Waals surface area contributed by atoms with E-state index in [4.69, 9.17) is 0 Å². The Bertz CT molecular complexity index is 1220. The fraction of sp³-hybridized carbons (Fsp3) is 0.636. The fourth-order valence-electron chi connectivity index (χ4n) is 6.41. The van der Waals surface area contributed by atoms with E-state index in [2.05, 4.69) is 90.9 Å². The molecule has 3 heteroatoms. The number of benzene rings is 2. The Kier molecular flexibility index (Phi) is 22.0. The summed E-state index contributed by atoms with van der Waals surface area (Å²) in [4.78, 5) is 0. The quantitative estimate of drug-likeness (QED) is 0.0632. The minimum atomic E-state index is 0.870. The van der Waals surface area contributed by atoms with Crippen LogP contribution in [0.5, 0.6) is 0 Å². The average Bonchev–Trinajstić information content (AvgIpc) is 3.41. The first-order valence-electron chi connectivity index (χ1n) is 19.5. The van der Waals surface area contributed by atoms with Crippen LogP contribution < -0.4 is 0 Å². The molecule has 0 atom stereocenters. The minimum absolute atomic E-state index is 0.870. The van der Waals surface area contributed by atoms with Gasteiger partial charge in [-0.3, -0.25) is 0 Å². The monoisotopic (exact) mass is 684 g/mol. The van der Waals surface area contributed by atoms with Crippen LogP contribution in [0.3, 0.4) is 0 Å². The Morgan fingerprint density at radius 3 is 1.38 bits per heavy atom. The average molecular weight is 686 g/mol. The molecule has 0 amide bonds. The van der Waals surface area contributed by atoms with Crippen LogP contribution in [-0.4, -0.2) is 4.70 Å². The zero-order chi connectivity index (χ0) is 34.3. The van der Waals surface area contributed by atoms with E-state index < -0.39 is 0 Å². The van der Waals surface area contributed by atoms with Gasteiger partial charge in [0.2, 0.25) is 11.4 Å². The number of nitrogens with zero attached hydrogens (tertiary/aromatic N) is 2. The van der Waals surface area contributed by atoms with Gasteiger partial charge in [0.15, 0.2) is 0 Å². The van der Waals surface area contributed by atoms with Crippen molar-refractivity contribution < 1.29 is 19.1 Å². The molecule has 1 aliphatic heterocycles. The normalized spacial score (nSPS) is 12.9. The Hall–Kier alpha value is -1.99. The van der Waals surface area contributed by atoms with Crippen LogP contribution in [0.25, 0.3) is 16.9 Å². The molecule has 0 radical (unpaired) electrons. The molecule has 2 aromatic carbocycles. The van der Waals surface area contributed by atoms with Crippen LogP contribution in [0.4, 0.5) is 0 Å². The molecule has 2 nitrogen and oxygen atoms in total. The van der Waals surface area contributed by atoms with Crippen molar-refractivity contribution >= 4 is 11.4 Å². The topological polar surface area (TPSA) is 25.3 Å². The first kappa shape index (κ1) is 41.2. The molecule has 0 aliphatic carbocycles. The molecule has 0 unspecified atom stereocenters. The number of hydrogen-bond acceptors (Lipinski definition) is 0. The molecule has 1 aliphatic rings. The summed E-state index contributed by atoms with van der Waals surface area (Å²) in [6, 6.07) is 13.1. The second-order valence-electron chi connectivity index (χ2n) is 13.6. The van der Waals surface area contributed by atoms with Crippen LogP contribution in [0, 0.1) is 13.8 Å². The van der Waals surface area contributed by atoms with Crippen molar-refractivity contribution in [3.8, 4) is 0 Å². The van der Waals surface area contributed by atoms with E-state index in [1.54, 1.807) is 0 Å². The standard InChI is InChI=1S/C24H28N2.2C10H21.Ni/c1-6-18-9-16(4)11-21(13-18)23-15-20(8-3)24(26(23)25)22-12-17(5)10-19(7-2)14-22;2*1-3-5-7-9-10-8-6-4-2;/h9-15H,6-8H2,1-5H3;2*1,3-10H2,2H3;. The van der Waals surface area contributed by atoms with Gasteiger partial charge in [-0.05, 0) is 68.5 Å². The van der Waals surface area contributed by atoms with E-state index in [9.17, 15) is 5.53 Å². The van der Waals surface area contributed by atoms with Crippen molar-refractivity contribution in [2.24, 2.45) is 0 Å². The zero-order valence-corrected chi connectivity index (χ0v) is 32.6. The van der Waals surface area contributed by atoms with Gasteiger partial charge in [-0.15, -0.1) is 0 Å². The second kappa shape index (κ2) is 25.1. The summed E-state index contributed by atoms with van der Waals surface area (Å²) in [6.45, 7) is 15.3. The predicted molar refractivity (Wildman–Crippen MR) is 205 cm³/mol. The van der Waals surface area contributed by atoms with E-state index in [-0.39, 0.29) is 0 Å². The third kappa shape index (κ3) is 15.8. The molecule has 0 fully saturated rings. The maximum atomic E-state index is 11.1. The van der Waals surface area contributed by atoms with Crippen LogP contribution >= 0.6 is 0 Å². The third-order valence-electron chi connectivity index (χ3n) is 9.25. The summed E-state index contributed by atoms with van der Waals surface area (Å²) in [5.41, 5.74) is 21.3. The Labute approximate surface area is 297 Å². The van der Waals surface area contributed by atoms with Gasteiger partial charge in [-0.2, -0.15) is 0 Å². The fourth-order valence-corrected chi connectivity index (χ4v) is 7.65. The van der Waals surface area contributed by atoms with Crippen molar-refractivity contribution in [2.45, 2.75) is 181 Å². The number of rotatable bonds is 23. The van der Waals surface area contributed by atoms with E-state index in [0.717, 1.165) is 41.8 Å². The molecule has 1 heterocycles. The Morgan fingerprint density at radius 2 is 0.936 bits per heavy atom. The molecule has 3 rings (SSSR count). The van der Waals surface area contributed by atoms with E-state index in [1.807, 2.05) is 14.4 Å². The zero-order valence-electron chi connectivity index (χ0n) is 31.6. The van der Waals surface area contributed by atoms with Crippen LogP contribution in [0.2, 0.25) is 10.8 Å². The van der Waals surface area contributed by atoms with E-state index in [1.165, 1.54) is 146 Å². The number of aryl methyl sites for hydroxylation is 4. The number of unbranched alkanes of at least 4 members (excludes halogenated alkanes) is 14. The summed E-state index contributed by atoms with van der Waals surface area (Å²) in [6.07, 6.45) is 28.3. The molecular formula is C44H70N2Ni. The first-order valence-corrected chi connectivity index (χ1v) is 20.9. The van der Waals surface area contributed by atoms with Gasteiger partial charge < -0.3 is 5.53 Å². The second-order valence-corrected chi connectivity index (χ2v) is 15.1. The van der Waals surface area contributed by atoms with Crippen LogP contribution in [-0.2, 0) is 27.3 Å². The van der Waals surface area contributed by atoms with Gasteiger partial charge in [0, 0.05) is 22.8 Å². The first-order chi connectivity index (χ1) is 22.9. The van der Waals surface area contributed by atoms with Gasteiger partial charge >= 0.3 is 142 Å². The molecule has 2 aromatic rings. The third-order valence-corrected chi connectivity index (χ3v) is 10.6. The molecule has 0 bridgehead atoms. The molecular weight excluding hydrogens is 615 g/mol. The van der Waals surface area contributed by atoms with Gasteiger partial charge in [-0.25, -0.2) is 4.70 Å². The predicted octanol–water partition coefficient (Wildman–Crippen LogP) is 14.8. The maximum absolute atomic E-state index is 11.1.